The van der Waals surface area contributed by atoms with Crippen molar-refractivity contribution < 1.29 is 33.6 Å². The number of nitrogens with one attached hydrogen (secondary N) is 2. The number of aromatic nitrogens is 1. The molecule has 6 nitrogen and oxygen atoms in total. The number of carboxylic acid groups (broad SMARTS) is 1. The topological polar surface area (TPSA) is 102 Å². The first kappa shape index (κ1) is 27.3. The Kier molecular flexibility index (Phi) is 10.5. The maximum absolute atomic E-state index is 13.1. The standard InChI is InChI=1S/C26H26N2O4S.Li/c1-17-5-3-4-6-20(17)22-15-18(7-9-19-16-27-13-11-24(19)29)8-10-21(22)25(30)28-23(26(31)32)12-14-33-2;/h3-11,13,15-16,23H,12,14H2,1-2H3,(H,27,29)(H,28,30)(H,31,32);/q;+1/p-1/b9-7+;. The number of benzene rings is 2. The third kappa shape index (κ3) is 7.01. The number of aliphatic carboxylic acids is 1. The van der Waals surface area contributed by atoms with Crippen LogP contribution in [0.2, 0.25) is 0 Å². The number of aromatic amines is 1. The number of thioether (sulfide) groups is 1. The number of aryl methyl sites for hydroxylation is 1. The van der Waals surface area contributed by atoms with Gasteiger partial charge < -0.3 is 20.2 Å². The van der Waals surface area contributed by atoms with Gasteiger partial charge in [-0.2, -0.15) is 11.8 Å². The number of carbonyl (C=O) groups excluding carboxylic acids is 2. The molecular weight excluding hydrogens is 443 g/mol. The van der Waals surface area contributed by atoms with E-state index in [9.17, 15) is 19.5 Å². The summed E-state index contributed by atoms with van der Waals surface area (Å²) in [5.41, 5.74) is 4.11. The zero-order valence-electron chi connectivity index (χ0n) is 19.5. The predicted molar refractivity (Wildman–Crippen MR) is 132 cm³/mol. The van der Waals surface area contributed by atoms with E-state index < -0.39 is 17.9 Å². The van der Waals surface area contributed by atoms with Gasteiger partial charge in [0.1, 0.15) is 0 Å². The number of pyridine rings is 1. The van der Waals surface area contributed by atoms with E-state index in [1.54, 1.807) is 36.7 Å². The van der Waals surface area contributed by atoms with Crippen molar-refractivity contribution in [1.29, 1.82) is 0 Å². The summed E-state index contributed by atoms with van der Waals surface area (Å²) in [6.45, 7) is 1.95. The molecule has 0 bridgehead atoms. The van der Waals surface area contributed by atoms with E-state index in [0.29, 0.717) is 22.4 Å². The van der Waals surface area contributed by atoms with Crippen molar-refractivity contribution in [3.63, 3.8) is 0 Å². The van der Waals surface area contributed by atoms with Gasteiger partial charge in [-0.1, -0.05) is 36.4 Å². The van der Waals surface area contributed by atoms with Crippen LogP contribution in [0, 0.1) is 6.92 Å². The van der Waals surface area contributed by atoms with E-state index in [0.717, 1.165) is 16.7 Å². The number of H-pyrrole nitrogens is 1. The van der Waals surface area contributed by atoms with Gasteiger partial charge in [0, 0.05) is 29.6 Å². The first-order valence-electron chi connectivity index (χ1n) is 10.5. The second-order valence-electron chi connectivity index (χ2n) is 7.54. The van der Waals surface area contributed by atoms with Gasteiger partial charge in [0.15, 0.2) is 5.43 Å². The third-order valence-electron chi connectivity index (χ3n) is 5.23. The predicted octanol–water partition coefficient (Wildman–Crippen LogP) is 0.126. The number of rotatable bonds is 9. The summed E-state index contributed by atoms with van der Waals surface area (Å²) in [7, 11) is 0. The molecule has 0 radical (unpaired) electrons. The first-order chi connectivity index (χ1) is 15.9. The van der Waals surface area contributed by atoms with Crippen molar-refractivity contribution in [2.45, 2.75) is 19.4 Å². The smallest absolute Gasteiger partial charge is 0.548 e. The van der Waals surface area contributed by atoms with E-state index in [4.69, 9.17) is 0 Å². The number of hydrogen-bond acceptors (Lipinski definition) is 5. The SMILES string of the molecule is CSCCC(NC(=O)c1ccc(/C=C/c2c[nH]ccc2=O)cc1-c1ccccc1C)C(=O)[O-].[Li+]. The molecule has 0 saturated heterocycles. The van der Waals surface area contributed by atoms with Crippen molar-refractivity contribution in [2.24, 2.45) is 0 Å². The zero-order valence-corrected chi connectivity index (χ0v) is 20.3. The Labute approximate surface area is 215 Å². The molecular formula is C26H25LiN2O4S. The quantitative estimate of drug-likeness (QED) is 0.435. The minimum atomic E-state index is -1.30. The van der Waals surface area contributed by atoms with Crippen LogP contribution < -0.4 is 34.7 Å². The summed E-state index contributed by atoms with van der Waals surface area (Å²) in [5.74, 6) is -1.19. The van der Waals surface area contributed by atoms with Crippen LogP contribution in [-0.2, 0) is 4.79 Å². The fraction of sp³-hybridized carbons (Fsp3) is 0.192. The fourth-order valence-electron chi connectivity index (χ4n) is 3.43. The normalized spacial score (nSPS) is 11.6. The maximum atomic E-state index is 13.1. The molecule has 170 valence electrons. The number of carboxylic acids is 1. The van der Waals surface area contributed by atoms with Crippen LogP contribution in [-0.4, -0.2) is 34.9 Å². The van der Waals surface area contributed by atoms with Crippen LogP contribution in [0.3, 0.4) is 0 Å². The van der Waals surface area contributed by atoms with Gasteiger partial charge in [-0.05, 0) is 65.8 Å². The number of amides is 1. The average Bonchev–Trinajstić information content (AvgIpc) is 2.81. The van der Waals surface area contributed by atoms with Crippen molar-refractivity contribution in [2.75, 3.05) is 12.0 Å². The van der Waals surface area contributed by atoms with Crippen LogP contribution in [0.25, 0.3) is 23.3 Å². The maximum Gasteiger partial charge on any atom is 1.00 e. The van der Waals surface area contributed by atoms with Crippen LogP contribution >= 0.6 is 11.8 Å². The molecule has 1 amide bonds. The number of carbonyl (C=O) groups is 2. The van der Waals surface area contributed by atoms with Crippen LogP contribution in [0.5, 0.6) is 0 Å². The van der Waals surface area contributed by atoms with Gasteiger partial charge in [0.25, 0.3) is 5.91 Å². The summed E-state index contributed by atoms with van der Waals surface area (Å²) in [4.78, 5) is 39.5. The molecule has 0 saturated carbocycles. The monoisotopic (exact) mass is 468 g/mol. The van der Waals surface area contributed by atoms with E-state index in [1.807, 2.05) is 43.5 Å². The van der Waals surface area contributed by atoms with E-state index >= 15 is 0 Å². The molecule has 1 atom stereocenters. The van der Waals surface area contributed by atoms with Gasteiger partial charge in [-0.25, -0.2) is 0 Å². The Morgan fingerprint density at radius 2 is 1.88 bits per heavy atom. The second kappa shape index (κ2) is 13.0. The van der Waals surface area contributed by atoms with Crippen molar-refractivity contribution >= 4 is 35.8 Å². The number of hydrogen-bond donors (Lipinski definition) is 2. The molecule has 3 aromatic rings. The second-order valence-corrected chi connectivity index (χ2v) is 8.53. The van der Waals surface area contributed by atoms with Crippen molar-refractivity contribution in [3.8, 4) is 11.1 Å². The Morgan fingerprint density at radius 1 is 1.12 bits per heavy atom. The molecule has 0 aliphatic carbocycles. The zero-order chi connectivity index (χ0) is 23.8. The Morgan fingerprint density at radius 3 is 2.56 bits per heavy atom. The summed E-state index contributed by atoms with van der Waals surface area (Å²) in [6, 6.07) is 13.4. The first-order valence-corrected chi connectivity index (χ1v) is 11.9. The molecule has 0 fully saturated rings. The van der Waals surface area contributed by atoms with Gasteiger partial charge in [0.05, 0.1) is 12.0 Å². The molecule has 2 N–H and O–H groups in total. The third-order valence-corrected chi connectivity index (χ3v) is 5.88. The molecule has 8 heteroatoms. The summed E-state index contributed by atoms with van der Waals surface area (Å²) >= 11 is 1.50. The van der Waals surface area contributed by atoms with Crippen LogP contribution in [0.1, 0.15) is 33.5 Å². The Balaban J connectivity index is 0.00000408. The van der Waals surface area contributed by atoms with Gasteiger partial charge >= 0.3 is 18.9 Å². The minimum absolute atomic E-state index is 0. The summed E-state index contributed by atoms with van der Waals surface area (Å²) in [6.07, 6.45) is 8.86. The van der Waals surface area contributed by atoms with E-state index in [-0.39, 0.29) is 30.7 Å². The molecule has 0 spiro atoms. The van der Waals surface area contributed by atoms with Crippen molar-refractivity contribution in [1.82, 2.24) is 10.3 Å². The molecule has 1 aromatic heterocycles. The van der Waals surface area contributed by atoms with Gasteiger partial charge in [0.2, 0.25) is 0 Å². The molecule has 2 aromatic carbocycles. The molecule has 1 unspecified atom stereocenters. The average molecular weight is 469 g/mol. The Bertz CT molecular complexity index is 1240. The minimum Gasteiger partial charge on any atom is -0.548 e. The Hall–Kier alpha value is -2.98. The molecule has 0 aliphatic rings. The summed E-state index contributed by atoms with van der Waals surface area (Å²) in [5, 5.41) is 14.1. The van der Waals surface area contributed by atoms with Crippen LogP contribution in [0.15, 0.2) is 65.7 Å². The molecule has 0 aliphatic heterocycles. The summed E-state index contributed by atoms with van der Waals surface area (Å²) < 4.78 is 0. The van der Waals surface area contributed by atoms with Gasteiger partial charge in [-0.15, -0.1) is 0 Å². The molecule has 1 heterocycles. The van der Waals surface area contributed by atoms with E-state index in [2.05, 4.69) is 10.3 Å². The van der Waals surface area contributed by atoms with E-state index in [1.165, 1.54) is 17.8 Å². The fourth-order valence-corrected chi connectivity index (χ4v) is 3.90. The largest absolute Gasteiger partial charge is 1.00 e. The van der Waals surface area contributed by atoms with Gasteiger partial charge in [-0.3, -0.25) is 9.59 Å². The van der Waals surface area contributed by atoms with Crippen molar-refractivity contribution in [3.05, 3.63) is 93.4 Å². The molecule has 3 rings (SSSR count). The van der Waals surface area contributed by atoms with Crippen LogP contribution in [0.4, 0.5) is 0 Å². The molecule has 34 heavy (non-hydrogen) atoms.